The Morgan fingerprint density at radius 2 is 1.86 bits per heavy atom. The molecular weight excluding hydrogens is 350 g/mol. The molecule has 5 nitrogen and oxygen atoms in total. The number of nitrogens with one attached hydrogen (secondary N) is 1. The molecule has 142 valence electrons. The van der Waals surface area contributed by atoms with Crippen LogP contribution in [-0.2, 0) is 30.5 Å². The van der Waals surface area contributed by atoms with E-state index in [1.165, 1.54) is 11.1 Å². The lowest BCUT2D eigenvalue weighted by Gasteiger charge is -2.12. The summed E-state index contributed by atoms with van der Waals surface area (Å²) in [5.74, 6) is 1.35. The highest BCUT2D eigenvalue weighted by Crippen LogP contribution is 2.27. The molecule has 1 amide bonds. The molecule has 0 saturated carbocycles. The van der Waals surface area contributed by atoms with Gasteiger partial charge in [0.1, 0.15) is 5.75 Å². The molecule has 0 spiro atoms. The van der Waals surface area contributed by atoms with Crippen LogP contribution in [0.1, 0.15) is 33.8 Å². The van der Waals surface area contributed by atoms with Crippen molar-refractivity contribution in [3.05, 3.63) is 82.3 Å². The molecule has 3 aromatic rings. The highest BCUT2D eigenvalue weighted by molar-refractivity contribution is 5.91. The molecule has 0 fully saturated rings. The van der Waals surface area contributed by atoms with Gasteiger partial charge >= 0.3 is 0 Å². The molecule has 1 aliphatic rings. The number of ether oxygens (including phenoxy) is 1. The van der Waals surface area contributed by atoms with Gasteiger partial charge in [-0.3, -0.25) is 9.78 Å². The first-order valence-electron chi connectivity index (χ1n) is 9.48. The van der Waals surface area contributed by atoms with Gasteiger partial charge in [-0.25, -0.2) is 4.98 Å². The Kier molecular flexibility index (Phi) is 5.06. The van der Waals surface area contributed by atoms with E-state index in [1.807, 2.05) is 43.3 Å². The van der Waals surface area contributed by atoms with Crippen LogP contribution < -0.4 is 10.1 Å². The van der Waals surface area contributed by atoms with Crippen LogP contribution in [0.3, 0.4) is 0 Å². The molecule has 1 N–H and O–H groups in total. The summed E-state index contributed by atoms with van der Waals surface area (Å²) in [7, 11) is 1.68. The maximum absolute atomic E-state index is 12.4. The van der Waals surface area contributed by atoms with Crippen LogP contribution in [0.5, 0.6) is 5.75 Å². The highest BCUT2D eigenvalue weighted by atomic mass is 16.5. The number of hydrogen-bond donors (Lipinski definition) is 1. The first-order chi connectivity index (χ1) is 13.6. The van der Waals surface area contributed by atoms with E-state index in [0.717, 1.165) is 47.7 Å². The van der Waals surface area contributed by atoms with Crippen LogP contribution in [0, 0.1) is 6.92 Å². The summed E-state index contributed by atoms with van der Waals surface area (Å²) in [4.78, 5) is 21.9. The van der Waals surface area contributed by atoms with Gasteiger partial charge in [-0.15, -0.1) is 0 Å². The van der Waals surface area contributed by atoms with E-state index in [1.54, 1.807) is 7.11 Å². The first kappa shape index (κ1) is 18.2. The summed E-state index contributed by atoms with van der Waals surface area (Å²) < 4.78 is 5.35. The zero-order chi connectivity index (χ0) is 19.5. The molecule has 0 unspecified atom stereocenters. The van der Waals surface area contributed by atoms with Gasteiger partial charge in [-0.05, 0) is 48.6 Å². The fraction of sp³-hybridized carbons (Fsp3) is 0.261. The lowest BCUT2D eigenvalue weighted by atomic mass is 10.0. The van der Waals surface area contributed by atoms with Gasteiger partial charge in [-0.1, -0.05) is 36.4 Å². The number of amides is 1. The van der Waals surface area contributed by atoms with E-state index in [0.29, 0.717) is 12.2 Å². The summed E-state index contributed by atoms with van der Waals surface area (Å²) in [5.41, 5.74) is 6.20. The van der Waals surface area contributed by atoms with Gasteiger partial charge in [0.05, 0.1) is 30.6 Å². The largest absolute Gasteiger partial charge is 0.497 e. The summed E-state index contributed by atoms with van der Waals surface area (Å²) in [5, 5.41) is 2.94. The fourth-order valence-electron chi connectivity index (χ4n) is 3.59. The van der Waals surface area contributed by atoms with Crippen molar-refractivity contribution in [2.24, 2.45) is 0 Å². The molecule has 0 radical (unpaired) electrons. The van der Waals surface area contributed by atoms with Crippen LogP contribution in [0.25, 0.3) is 0 Å². The number of aromatic nitrogens is 2. The van der Waals surface area contributed by atoms with Gasteiger partial charge in [0, 0.05) is 6.42 Å². The van der Waals surface area contributed by atoms with Crippen molar-refractivity contribution in [3.63, 3.8) is 0 Å². The van der Waals surface area contributed by atoms with Crippen molar-refractivity contribution in [2.75, 3.05) is 12.4 Å². The topological polar surface area (TPSA) is 64.1 Å². The molecule has 28 heavy (non-hydrogen) atoms. The number of fused-ring (bicyclic) bond motifs is 2. The predicted octanol–water partition coefficient (Wildman–Crippen LogP) is 3.66. The van der Waals surface area contributed by atoms with E-state index in [4.69, 9.17) is 14.7 Å². The second-order valence-corrected chi connectivity index (χ2v) is 7.07. The van der Waals surface area contributed by atoms with Crippen molar-refractivity contribution in [3.8, 4) is 5.75 Å². The summed E-state index contributed by atoms with van der Waals surface area (Å²) in [6.45, 7) is 1.89. The van der Waals surface area contributed by atoms with Crippen LogP contribution in [0.4, 0.5) is 5.82 Å². The lowest BCUT2D eigenvalue weighted by Crippen LogP contribution is -2.18. The van der Waals surface area contributed by atoms with Crippen molar-refractivity contribution in [1.82, 2.24) is 9.97 Å². The molecule has 5 heteroatoms. The Labute approximate surface area is 164 Å². The molecule has 1 aliphatic carbocycles. The van der Waals surface area contributed by atoms with E-state index in [-0.39, 0.29) is 5.91 Å². The number of nitrogens with zero attached hydrogens (tertiary/aromatic N) is 2. The Morgan fingerprint density at radius 3 is 2.64 bits per heavy atom. The number of hydrogen-bond acceptors (Lipinski definition) is 4. The summed E-state index contributed by atoms with van der Waals surface area (Å²) >= 11 is 0. The van der Waals surface area contributed by atoms with Crippen LogP contribution in [0.15, 0.2) is 48.5 Å². The van der Waals surface area contributed by atoms with E-state index >= 15 is 0 Å². The van der Waals surface area contributed by atoms with Crippen molar-refractivity contribution < 1.29 is 9.53 Å². The number of carbonyl (C=O) groups excluding carboxylic acids is 1. The fourth-order valence-corrected chi connectivity index (χ4v) is 3.59. The number of rotatable bonds is 4. The molecule has 4 rings (SSSR count). The van der Waals surface area contributed by atoms with Crippen LogP contribution in [0.2, 0.25) is 0 Å². The zero-order valence-corrected chi connectivity index (χ0v) is 16.2. The molecule has 1 aromatic heterocycles. The average molecular weight is 373 g/mol. The number of benzene rings is 2. The van der Waals surface area contributed by atoms with E-state index in [9.17, 15) is 4.79 Å². The highest BCUT2D eigenvalue weighted by Gasteiger charge is 2.19. The Hall–Kier alpha value is -3.21. The number of aryl methyl sites for hydroxylation is 3. The second kappa shape index (κ2) is 7.80. The van der Waals surface area contributed by atoms with Gasteiger partial charge < -0.3 is 10.1 Å². The summed E-state index contributed by atoms with van der Waals surface area (Å²) in [6, 6.07) is 15.9. The Morgan fingerprint density at radius 1 is 1.04 bits per heavy atom. The molecular formula is C23H23N3O2. The third-order valence-corrected chi connectivity index (χ3v) is 5.09. The van der Waals surface area contributed by atoms with Crippen molar-refractivity contribution >= 4 is 11.7 Å². The van der Waals surface area contributed by atoms with E-state index in [2.05, 4.69) is 17.4 Å². The third-order valence-electron chi connectivity index (χ3n) is 5.09. The van der Waals surface area contributed by atoms with Gasteiger partial charge in [0.2, 0.25) is 5.91 Å². The molecule has 0 saturated heterocycles. The van der Waals surface area contributed by atoms with Gasteiger partial charge in [0.25, 0.3) is 0 Å². The minimum Gasteiger partial charge on any atom is -0.497 e. The normalized spacial score (nSPS) is 12.5. The van der Waals surface area contributed by atoms with Gasteiger partial charge in [0.15, 0.2) is 5.82 Å². The molecule has 1 heterocycles. The van der Waals surface area contributed by atoms with E-state index < -0.39 is 0 Å². The van der Waals surface area contributed by atoms with Crippen molar-refractivity contribution in [1.29, 1.82) is 0 Å². The maximum atomic E-state index is 12.4. The smallest absolute Gasteiger partial charge is 0.229 e. The maximum Gasteiger partial charge on any atom is 0.229 e. The Bertz CT molecular complexity index is 1020. The monoisotopic (exact) mass is 373 g/mol. The molecule has 0 atom stereocenters. The first-order valence-corrected chi connectivity index (χ1v) is 9.48. The van der Waals surface area contributed by atoms with Crippen molar-refractivity contribution in [2.45, 2.75) is 32.6 Å². The number of methoxy groups -OCH3 is 1. The minimum atomic E-state index is -0.0785. The third kappa shape index (κ3) is 3.88. The Balaban J connectivity index is 1.54. The second-order valence-electron chi connectivity index (χ2n) is 7.07. The standard InChI is InChI=1S/C23H23N3O2/c1-15-23(26-22(27)12-16-6-4-3-5-7-16)25-20-11-9-17-13-19(28-2)10-8-18(17)14-21(20)24-15/h3-8,10,13H,9,11-12,14H2,1-2H3,(H,25,26,27). The summed E-state index contributed by atoms with van der Waals surface area (Å²) in [6.07, 6.45) is 2.75. The minimum absolute atomic E-state index is 0.0785. The SMILES string of the molecule is COc1ccc2c(c1)CCc1nc(NC(=O)Cc3ccccc3)c(C)nc1C2. The molecule has 0 bridgehead atoms. The number of carbonyl (C=O) groups is 1. The van der Waals surface area contributed by atoms with Crippen LogP contribution >= 0.6 is 0 Å². The lowest BCUT2D eigenvalue weighted by molar-refractivity contribution is -0.115. The van der Waals surface area contributed by atoms with Crippen LogP contribution in [-0.4, -0.2) is 23.0 Å². The molecule has 2 aromatic carbocycles. The average Bonchev–Trinajstić information content (AvgIpc) is 2.87. The van der Waals surface area contributed by atoms with Gasteiger partial charge in [-0.2, -0.15) is 0 Å². The predicted molar refractivity (Wildman–Crippen MR) is 109 cm³/mol. The zero-order valence-electron chi connectivity index (χ0n) is 16.2. The molecule has 0 aliphatic heterocycles. The quantitative estimate of drug-likeness (QED) is 0.758. The number of anilines is 1.